The van der Waals surface area contributed by atoms with Gasteiger partial charge in [-0.2, -0.15) is 5.10 Å². The molecule has 0 saturated heterocycles. The van der Waals surface area contributed by atoms with E-state index in [4.69, 9.17) is 0 Å². The largest absolute Gasteiger partial charge is 0.384 e. The Bertz CT molecular complexity index is 414. The van der Waals surface area contributed by atoms with Crippen LogP contribution in [0.15, 0.2) is 12.3 Å². The predicted octanol–water partition coefficient (Wildman–Crippen LogP) is 3.72. The summed E-state index contributed by atoms with van der Waals surface area (Å²) in [7, 11) is 0. The van der Waals surface area contributed by atoms with E-state index in [0.29, 0.717) is 5.41 Å². The molecule has 3 nitrogen and oxygen atoms in total. The van der Waals surface area contributed by atoms with Gasteiger partial charge in [-0.3, -0.25) is 4.68 Å². The molecule has 0 aromatic carbocycles. The minimum atomic E-state index is -0.660. The maximum atomic E-state index is 10.9. The summed E-state index contributed by atoms with van der Waals surface area (Å²) < 4.78 is 1.94. The molecule has 0 bridgehead atoms. The van der Waals surface area contributed by atoms with Crippen molar-refractivity contribution in [1.82, 2.24) is 9.78 Å². The lowest BCUT2D eigenvalue weighted by Crippen LogP contribution is -2.37. The molecule has 19 heavy (non-hydrogen) atoms. The average molecular weight is 264 g/mol. The summed E-state index contributed by atoms with van der Waals surface area (Å²) in [5.74, 6) is 0.732. The quantitative estimate of drug-likeness (QED) is 0.900. The average Bonchev–Trinajstić information content (AvgIpc) is 2.88. The first-order chi connectivity index (χ1) is 8.93. The van der Waals surface area contributed by atoms with Crippen molar-refractivity contribution in [2.75, 3.05) is 0 Å². The first kappa shape index (κ1) is 14.6. The fourth-order valence-corrected chi connectivity index (χ4v) is 3.40. The van der Waals surface area contributed by atoms with E-state index < -0.39 is 5.60 Å². The molecular weight excluding hydrogens is 236 g/mol. The molecule has 0 atom stereocenters. The molecule has 1 heterocycles. The molecule has 0 radical (unpaired) electrons. The summed E-state index contributed by atoms with van der Waals surface area (Å²) >= 11 is 0. The fraction of sp³-hybridized carbons (Fsp3) is 0.812. The van der Waals surface area contributed by atoms with Crippen molar-refractivity contribution in [3.05, 3.63) is 18.0 Å². The summed E-state index contributed by atoms with van der Waals surface area (Å²) in [4.78, 5) is 0. The standard InChI is InChI=1S/C16H28N2O/c1-5-15(3,4)13-7-10-16(19,11-8-13)14-9-12-17-18(14)6-2/h9,12-13,19H,5-8,10-11H2,1-4H3. The summed E-state index contributed by atoms with van der Waals surface area (Å²) in [6, 6.07) is 1.98. The van der Waals surface area contributed by atoms with Gasteiger partial charge in [-0.1, -0.05) is 27.2 Å². The zero-order valence-electron chi connectivity index (χ0n) is 12.8. The highest BCUT2D eigenvalue weighted by molar-refractivity contribution is 5.13. The van der Waals surface area contributed by atoms with E-state index >= 15 is 0 Å². The van der Waals surface area contributed by atoms with Gasteiger partial charge in [0.25, 0.3) is 0 Å². The number of hydrogen-bond acceptors (Lipinski definition) is 2. The van der Waals surface area contributed by atoms with Gasteiger partial charge in [-0.25, -0.2) is 0 Å². The van der Waals surface area contributed by atoms with Crippen molar-refractivity contribution < 1.29 is 5.11 Å². The third-order valence-corrected chi connectivity index (χ3v) is 5.32. The smallest absolute Gasteiger partial charge is 0.106 e. The molecule has 0 unspecified atom stereocenters. The second-order valence-electron chi connectivity index (χ2n) is 6.68. The first-order valence-corrected chi connectivity index (χ1v) is 7.67. The highest BCUT2D eigenvalue weighted by Crippen LogP contribution is 2.46. The topological polar surface area (TPSA) is 38.0 Å². The summed E-state index contributed by atoms with van der Waals surface area (Å²) in [5, 5.41) is 15.2. The lowest BCUT2D eigenvalue weighted by atomic mass is 9.66. The Morgan fingerprint density at radius 1 is 1.37 bits per heavy atom. The molecule has 1 N–H and O–H groups in total. The lowest BCUT2D eigenvalue weighted by molar-refractivity contribution is -0.0391. The molecule has 0 amide bonds. The summed E-state index contributed by atoms with van der Waals surface area (Å²) in [5.41, 5.74) is 0.738. The van der Waals surface area contributed by atoms with Crippen LogP contribution in [0.4, 0.5) is 0 Å². The molecule has 2 rings (SSSR count). The van der Waals surface area contributed by atoms with Gasteiger partial charge < -0.3 is 5.11 Å². The fourth-order valence-electron chi connectivity index (χ4n) is 3.40. The minimum absolute atomic E-state index is 0.395. The summed E-state index contributed by atoms with van der Waals surface area (Å²) in [6.07, 6.45) is 6.99. The zero-order valence-corrected chi connectivity index (χ0v) is 12.8. The Morgan fingerprint density at radius 2 is 2.00 bits per heavy atom. The van der Waals surface area contributed by atoms with Gasteiger partial charge in [0.15, 0.2) is 0 Å². The van der Waals surface area contributed by atoms with Gasteiger partial charge in [0.05, 0.1) is 5.69 Å². The molecule has 1 aromatic heterocycles. The van der Waals surface area contributed by atoms with Crippen LogP contribution >= 0.6 is 0 Å². The van der Waals surface area contributed by atoms with Crippen LogP contribution in [0.25, 0.3) is 0 Å². The van der Waals surface area contributed by atoms with E-state index in [1.165, 1.54) is 6.42 Å². The van der Waals surface area contributed by atoms with Crippen molar-refractivity contribution in [2.45, 2.75) is 71.9 Å². The number of hydrogen-bond donors (Lipinski definition) is 1. The Kier molecular flexibility index (Phi) is 4.05. The van der Waals surface area contributed by atoms with Crippen LogP contribution in [-0.4, -0.2) is 14.9 Å². The SMILES string of the molecule is CCn1nccc1C1(O)CCC(C(C)(C)CC)CC1. The van der Waals surface area contributed by atoms with E-state index in [-0.39, 0.29) is 0 Å². The van der Waals surface area contributed by atoms with E-state index in [2.05, 4.69) is 32.8 Å². The number of aliphatic hydroxyl groups is 1. The number of aromatic nitrogens is 2. The van der Waals surface area contributed by atoms with Gasteiger partial charge in [-0.05, 0) is 50.0 Å². The van der Waals surface area contributed by atoms with E-state index in [9.17, 15) is 5.11 Å². The van der Waals surface area contributed by atoms with Gasteiger partial charge in [0.1, 0.15) is 5.60 Å². The van der Waals surface area contributed by atoms with Crippen molar-refractivity contribution in [1.29, 1.82) is 0 Å². The van der Waals surface area contributed by atoms with Crippen molar-refractivity contribution >= 4 is 0 Å². The number of rotatable bonds is 4. The van der Waals surface area contributed by atoms with E-state index in [0.717, 1.165) is 43.8 Å². The van der Waals surface area contributed by atoms with Crippen molar-refractivity contribution in [3.63, 3.8) is 0 Å². The van der Waals surface area contributed by atoms with Crippen LogP contribution in [0.5, 0.6) is 0 Å². The Hall–Kier alpha value is -0.830. The highest BCUT2D eigenvalue weighted by atomic mass is 16.3. The normalized spacial score (nSPS) is 28.6. The van der Waals surface area contributed by atoms with Crippen LogP contribution in [-0.2, 0) is 12.1 Å². The molecule has 1 aromatic rings. The number of nitrogens with zero attached hydrogens (tertiary/aromatic N) is 2. The van der Waals surface area contributed by atoms with Gasteiger partial charge in [0, 0.05) is 12.7 Å². The molecule has 1 aliphatic rings. The third kappa shape index (κ3) is 2.71. The van der Waals surface area contributed by atoms with Crippen LogP contribution in [0.2, 0.25) is 0 Å². The Morgan fingerprint density at radius 3 is 2.53 bits per heavy atom. The Labute approximate surface area is 117 Å². The summed E-state index contributed by atoms with van der Waals surface area (Å²) in [6.45, 7) is 9.89. The maximum Gasteiger partial charge on any atom is 0.106 e. The van der Waals surface area contributed by atoms with Gasteiger partial charge >= 0.3 is 0 Å². The van der Waals surface area contributed by atoms with Crippen LogP contribution in [0.3, 0.4) is 0 Å². The van der Waals surface area contributed by atoms with Gasteiger partial charge in [0.2, 0.25) is 0 Å². The third-order valence-electron chi connectivity index (χ3n) is 5.32. The molecule has 1 saturated carbocycles. The first-order valence-electron chi connectivity index (χ1n) is 7.67. The second-order valence-corrected chi connectivity index (χ2v) is 6.68. The Balaban J connectivity index is 2.10. The van der Waals surface area contributed by atoms with Crippen LogP contribution in [0.1, 0.15) is 65.5 Å². The van der Waals surface area contributed by atoms with Crippen LogP contribution in [0, 0.1) is 11.3 Å². The molecule has 0 spiro atoms. The number of aryl methyl sites for hydroxylation is 1. The molecule has 108 valence electrons. The molecule has 0 aliphatic heterocycles. The second kappa shape index (κ2) is 5.28. The predicted molar refractivity (Wildman–Crippen MR) is 77.8 cm³/mol. The molecule has 3 heteroatoms. The lowest BCUT2D eigenvalue weighted by Gasteiger charge is -2.42. The monoisotopic (exact) mass is 264 g/mol. The van der Waals surface area contributed by atoms with Crippen LogP contribution < -0.4 is 0 Å². The van der Waals surface area contributed by atoms with Crippen molar-refractivity contribution in [2.24, 2.45) is 11.3 Å². The van der Waals surface area contributed by atoms with Gasteiger partial charge in [-0.15, -0.1) is 0 Å². The zero-order chi connectivity index (χ0) is 14.1. The molecular formula is C16H28N2O. The van der Waals surface area contributed by atoms with E-state index in [1.54, 1.807) is 6.20 Å². The van der Waals surface area contributed by atoms with E-state index in [1.807, 2.05) is 10.7 Å². The minimum Gasteiger partial charge on any atom is -0.384 e. The highest BCUT2D eigenvalue weighted by Gasteiger charge is 2.40. The molecule has 1 fully saturated rings. The van der Waals surface area contributed by atoms with Crippen molar-refractivity contribution in [3.8, 4) is 0 Å². The maximum absolute atomic E-state index is 10.9. The molecule has 1 aliphatic carbocycles.